The summed E-state index contributed by atoms with van der Waals surface area (Å²) in [6.45, 7) is 2.80. The van der Waals surface area contributed by atoms with Gasteiger partial charge in [-0.2, -0.15) is 0 Å². The lowest BCUT2D eigenvalue weighted by Crippen LogP contribution is -2.42. The molecule has 1 amide bonds. The van der Waals surface area contributed by atoms with E-state index in [1.807, 2.05) is 60.7 Å². The van der Waals surface area contributed by atoms with Gasteiger partial charge in [0.25, 0.3) is 0 Å². The molecule has 3 aromatic carbocycles. The number of carbonyl (C=O) groups is 1. The van der Waals surface area contributed by atoms with Crippen molar-refractivity contribution >= 4 is 11.6 Å². The molecular weight excluding hydrogens is 430 g/mol. The second-order valence-corrected chi connectivity index (χ2v) is 8.94. The van der Waals surface area contributed by atoms with Gasteiger partial charge in [-0.05, 0) is 42.8 Å². The van der Waals surface area contributed by atoms with Gasteiger partial charge in [0.2, 0.25) is 12.7 Å². The number of ether oxygens (including phenoxy) is 3. The summed E-state index contributed by atoms with van der Waals surface area (Å²) < 4.78 is 23.3. The molecule has 34 heavy (non-hydrogen) atoms. The SMILES string of the molecule is Cc1cccc(-c2ccc(CN3C(=O)C4(COc5cc6c(cc54)OCO6)c4ccccc43)o2)c1. The van der Waals surface area contributed by atoms with Crippen LogP contribution in [0.2, 0.25) is 0 Å². The lowest BCUT2D eigenvalue weighted by molar-refractivity contribution is -0.122. The molecule has 0 saturated heterocycles. The van der Waals surface area contributed by atoms with Crippen LogP contribution in [0.25, 0.3) is 11.3 Å². The van der Waals surface area contributed by atoms with Gasteiger partial charge in [-0.15, -0.1) is 0 Å². The average molecular weight is 451 g/mol. The molecule has 4 aromatic rings. The Labute approximate surface area is 196 Å². The summed E-state index contributed by atoms with van der Waals surface area (Å²) >= 11 is 0. The van der Waals surface area contributed by atoms with E-state index in [4.69, 9.17) is 18.6 Å². The Morgan fingerprint density at radius 2 is 1.71 bits per heavy atom. The summed E-state index contributed by atoms with van der Waals surface area (Å²) in [4.78, 5) is 15.9. The Morgan fingerprint density at radius 1 is 0.853 bits per heavy atom. The fraction of sp³-hybridized carbons (Fsp3) is 0.179. The second-order valence-electron chi connectivity index (χ2n) is 8.94. The first-order chi connectivity index (χ1) is 16.6. The number of hydrogen-bond donors (Lipinski definition) is 0. The third kappa shape index (κ3) is 2.59. The molecule has 4 heterocycles. The number of para-hydroxylation sites is 1. The fourth-order valence-corrected chi connectivity index (χ4v) is 5.29. The Kier molecular flexibility index (Phi) is 3.92. The molecule has 1 aromatic heterocycles. The number of rotatable bonds is 3. The maximum Gasteiger partial charge on any atom is 0.246 e. The van der Waals surface area contributed by atoms with Crippen LogP contribution in [-0.2, 0) is 16.8 Å². The van der Waals surface area contributed by atoms with Gasteiger partial charge in [0.05, 0.1) is 6.54 Å². The quantitative estimate of drug-likeness (QED) is 0.428. The number of amides is 1. The van der Waals surface area contributed by atoms with Crippen molar-refractivity contribution in [3.8, 4) is 28.6 Å². The minimum atomic E-state index is -0.918. The predicted molar refractivity (Wildman–Crippen MR) is 125 cm³/mol. The third-order valence-corrected chi connectivity index (χ3v) is 6.92. The lowest BCUT2D eigenvalue weighted by Gasteiger charge is -2.22. The average Bonchev–Trinajstić information content (AvgIpc) is 3.62. The zero-order valence-electron chi connectivity index (χ0n) is 18.5. The normalized spacial score (nSPS) is 19.4. The molecule has 0 saturated carbocycles. The van der Waals surface area contributed by atoms with Crippen LogP contribution in [0.5, 0.6) is 17.2 Å². The summed E-state index contributed by atoms with van der Waals surface area (Å²) in [6.07, 6.45) is 0. The largest absolute Gasteiger partial charge is 0.491 e. The molecule has 6 heteroatoms. The first-order valence-electron chi connectivity index (χ1n) is 11.3. The van der Waals surface area contributed by atoms with E-state index in [1.165, 1.54) is 5.56 Å². The minimum absolute atomic E-state index is 0.0279. The molecule has 168 valence electrons. The van der Waals surface area contributed by atoms with Gasteiger partial charge in [0.1, 0.15) is 29.3 Å². The highest BCUT2D eigenvalue weighted by Gasteiger charge is 2.57. The highest BCUT2D eigenvalue weighted by Crippen LogP contribution is 2.55. The van der Waals surface area contributed by atoms with Crippen LogP contribution in [-0.4, -0.2) is 19.3 Å². The van der Waals surface area contributed by atoms with Crippen LogP contribution in [0, 0.1) is 6.92 Å². The number of carbonyl (C=O) groups excluding carboxylic acids is 1. The molecule has 0 aliphatic carbocycles. The first kappa shape index (κ1) is 19.3. The second kappa shape index (κ2) is 6.90. The molecule has 3 aliphatic heterocycles. The van der Waals surface area contributed by atoms with Crippen molar-refractivity contribution in [3.63, 3.8) is 0 Å². The van der Waals surface area contributed by atoms with E-state index in [-0.39, 0.29) is 19.3 Å². The summed E-state index contributed by atoms with van der Waals surface area (Å²) in [5.74, 6) is 3.43. The van der Waals surface area contributed by atoms with Crippen molar-refractivity contribution in [2.45, 2.75) is 18.9 Å². The zero-order valence-corrected chi connectivity index (χ0v) is 18.5. The number of furan rings is 1. The van der Waals surface area contributed by atoms with Gasteiger partial charge in [0, 0.05) is 22.9 Å². The fourth-order valence-electron chi connectivity index (χ4n) is 5.29. The van der Waals surface area contributed by atoms with Crippen molar-refractivity contribution in [1.82, 2.24) is 0 Å². The standard InChI is InChI=1S/C28H21NO5/c1-17-5-4-6-18(11-17)23-10-9-19(34-23)14-29-22-8-3-2-7-20(22)28(27(29)30)15-31-24-13-26-25(12-21(24)28)32-16-33-26/h2-13H,14-16H2,1H3. The molecule has 1 unspecified atom stereocenters. The van der Waals surface area contributed by atoms with E-state index in [2.05, 4.69) is 19.1 Å². The van der Waals surface area contributed by atoms with E-state index >= 15 is 0 Å². The maximum atomic E-state index is 14.1. The molecule has 1 atom stereocenters. The molecular formula is C28H21NO5. The van der Waals surface area contributed by atoms with Crippen molar-refractivity contribution in [2.24, 2.45) is 0 Å². The maximum absolute atomic E-state index is 14.1. The summed E-state index contributed by atoms with van der Waals surface area (Å²) in [5, 5.41) is 0. The van der Waals surface area contributed by atoms with Crippen LogP contribution in [0.4, 0.5) is 5.69 Å². The molecule has 0 bridgehead atoms. The Morgan fingerprint density at radius 3 is 2.59 bits per heavy atom. The predicted octanol–water partition coefficient (Wildman–Crippen LogP) is 5.21. The monoisotopic (exact) mass is 451 g/mol. The highest BCUT2D eigenvalue weighted by atomic mass is 16.7. The van der Waals surface area contributed by atoms with Crippen molar-refractivity contribution in [1.29, 1.82) is 0 Å². The highest BCUT2D eigenvalue weighted by molar-refractivity contribution is 6.11. The molecule has 1 spiro atoms. The van der Waals surface area contributed by atoms with E-state index in [0.717, 1.165) is 33.9 Å². The van der Waals surface area contributed by atoms with Gasteiger partial charge < -0.3 is 23.5 Å². The van der Waals surface area contributed by atoms with Crippen molar-refractivity contribution < 1.29 is 23.4 Å². The number of anilines is 1. The topological polar surface area (TPSA) is 61.1 Å². The Balaban J connectivity index is 1.28. The van der Waals surface area contributed by atoms with Crippen molar-refractivity contribution in [3.05, 3.63) is 95.2 Å². The zero-order chi connectivity index (χ0) is 22.9. The Bertz CT molecular complexity index is 1470. The molecule has 6 nitrogen and oxygen atoms in total. The van der Waals surface area contributed by atoms with Gasteiger partial charge >= 0.3 is 0 Å². The van der Waals surface area contributed by atoms with Gasteiger partial charge in [0.15, 0.2) is 11.5 Å². The number of nitrogens with zero attached hydrogens (tertiary/aromatic N) is 1. The van der Waals surface area contributed by atoms with Crippen LogP contribution >= 0.6 is 0 Å². The summed E-state index contributed by atoms with van der Waals surface area (Å²) in [7, 11) is 0. The summed E-state index contributed by atoms with van der Waals surface area (Å²) in [5.41, 5.74) is 3.89. The number of hydrogen-bond acceptors (Lipinski definition) is 5. The smallest absolute Gasteiger partial charge is 0.246 e. The van der Waals surface area contributed by atoms with Gasteiger partial charge in [-0.1, -0.05) is 42.0 Å². The summed E-state index contributed by atoms with van der Waals surface area (Å²) in [6, 6.07) is 23.7. The van der Waals surface area contributed by atoms with Crippen molar-refractivity contribution in [2.75, 3.05) is 18.3 Å². The van der Waals surface area contributed by atoms with Gasteiger partial charge in [-0.25, -0.2) is 0 Å². The number of aryl methyl sites for hydroxylation is 1. The number of benzene rings is 3. The molecule has 3 aliphatic rings. The lowest BCUT2D eigenvalue weighted by atomic mass is 9.77. The molecule has 0 radical (unpaired) electrons. The molecule has 7 rings (SSSR count). The molecule has 0 N–H and O–H groups in total. The third-order valence-electron chi connectivity index (χ3n) is 6.92. The van der Waals surface area contributed by atoms with Crippen LogP contribution in [0.3, 0.4) is 0 Å². The van der Waals surface area contributed by atoms with E-state index < -0.39 is 5.41 Å². The van der Waals surface area contributed by atoms with Crippen LogP contribution in [0.1, 0.15) is 22.5 Å². The van der Waals surface area contributed by atoms with E-state index in [9.17, 15) is 4.79 Å². The van der Waals surface area contributed by atoms with Gasteiger partial charge in [-0.3, -0.25) is 4.79 Å². The minimum Gasteiger partial charge on any atom is -0.491 e. The number of fused-ring (bicyclic) bond motifs is 5. The van der Waals surface area contributed by atoms with Crippen LogP contribution in [0.15, 0.2) is 77.2 Å². The molecule has 0 fully saturated rings. The van der Waals surface area contributed by atoms with Crippen LogP contribution < -0.4 is 19.1 Å². The first-order valence-corrected chi connectivity index (χ1v) is 11.3. The Hall–Kier alpha value is -4.19. The van der Waals surface area contributed by atoms with E-state index in [0.29, 0.717) is 23.8 Å². The van der Waals surface area contributed by atoms with E-state index in [1.54, 1.807) is 4.90 Å².